The lowest BCUT2D eigenvalue weighted by Gasteiger charge is -2.36. The number of rotatable bonds is 9. The van der Waals surface area contributed by atoms with Gasteiger partial charge in [-0.1, -0.05) is 18.2 Å². The first-order chi connectivity index (χ1) is 20.0. The number of hydrogen-bond donors (Lipinski definition) is 0. The number of carbonyl (C=O) groups excluding carboxylic acids is 2. The molecule has 3 heterocycles. The van der Waals surface area contributed by atoms with Gasteiger partial charge in [0.05, 0.1) is 26.0 Å². The molecule has 216 valence electrons. The predicted octanol–water partition coefficient (Wildman–Crippen LogP) is 3.44. The number of amides is 2. The van der Waals surface area contributed by atoms with Gasteiger partial charge in [-0.25, -0.2) is 0 Å². The van der Waals surface area contributed by atoms with Crippen LogP contribution in [0, 0.1) is 6.92 Å². The van der Waals surface area contributed by atoms with Gasteiger partial charge in [0.25, 0.3) is 5.91 Å². The van der Waals surface area contributed by atoms with Gasteiger partial charge in [0.15, 0.2) is 17.3 Å². The zero-order chi connectivity index (χ0) is 28.8. The van der Waals surface area contributed by atoms with Crippen molar-refractivity contribution in [3.63, 3.8) is 0 Å². The molecule has 0 aliphatic carbocycles. The average molecular weight is 560 g/mol. The van der Waals surface area contributed by atoms with Crippen molar-refractivity contribution >= 4 is 17.6 Å². The van der Waals surface area contributed by atoms with Crippen LogP contribution >= 0.6 is 0 Å². The quantitative estimate of drug-likeness (QED) is 0.393. The van der Waals surface area contributed by atoms with Crippen LogP contribution in [-0.2, 0) is 9.53 Å². The van der Waals surface area contributed by atoms with Crippen molar-refractivity contribution in [1.82, 2.24) is 20.0 Å². The summed E-state index contributed by atoms with van der Waals surface area (Å²) < 4.78 is 16.5. The van der Waals surface area contributed by atoms with Crippen molar-refractivity contribution in [2.75, 3.05) is 65.0 Å². The standard InChI is InChI=1S/C31H37N5O5/c1-22-7-4-5-9-25(22)31(38)36(20-24-8-6-18-41-24)21-30(37)35-16-14-34(15-17-35)29-13-11-26(32-33-29)23-10-12-27(39-2)28(19-23)40-3/h4-5,7,9-13,19,24H,6,8,14-18,20-21H2,1-3H3/t24-/m0/s1. The number of benzene rings is 2. The van der Waals surface area contributed by atoms with Gasteiger partial charge in [0.1, 0.15) is 6.54 Å². The SMILES string of the molecule is COc1ccc(-c2ccc(N3CCN(C(=O)CN(C[C@@H]4CCCO4)C(=O)c4ccccc4C)CC3)nn2)cc1OC. The minimum atomic E-state index is -0.129. The van der Waals surface area contributed by atoms with E-state index in [0.717, 1.165) is 35.5 Å². The fourth-order valence-corrected chi connectivity index (χ4v) is 5.33. The Labute approximate surface area is 240 Å². The zero-order valence-electron chi connectivity index (χ0n) is 23.9. The highest BCUT2D eigenvalue weighted by Crippen LogP contribution is 2.31. The zero-order valence-corrected chi connectivity index (χ0v) is 23.9. The molecule has 2 aliphatic heterocycles. The lowest BCUT2D eigenvalue weighted by molar-refractivity contribution is -0.132. The van der Waals surface area contributed by atoms with E-state index in [1.54, 1.807) is 19.1 Å². The van der Waals surface area contributed by atoms with E-state index in [2.05, 4.69) is 15.1 Å². The molecule has 0 bridgehead atoms. The third-order valence-corrected chi connectivity index (χ3v) is 7.72. The fourth-order valence-electron chi connectivity index (χ4n) is 5.33. The third kappa shape index (κ3) is 6.59. The molecule has 10 nitrogen and oxygen atoms in total. The number of aryl methyl sites for hydroxylation is 1. The second-order valence-electron chi connectivity index (χ2n) is 10.3. The Balaban J connectivity index is 1.20. The molecule has 0 N–H and O–H groups in total. The van der Waals surface area contributed by atoms with Crippen LogP contribution in [-0.4, -0.2) is 98.0 Å². The largest absolute Gasteiger partial charge is 0.493 e. The minimum absolute atomic E-state index is 0.0341. The van der Waals surface area contributed by atoms with Gasteiger partial charge < -0.3 is 28.9 Å². The van der Waals surface area contributed by atoms with Crippen molar-refractivity contribution in [2.24, 2.45) is 0 Å². The third-order valence-electron chi connectivity index (χ3n) is 7.72. The molecule has 1 atom stereocenters. The van der Waals surface area contributed by atoms with E-state index in [1.807, 2.05) is 66.4 Å². The van der Waals surface area contributed by atoms with Gasteiger partial charge in [0, 0.05) is 50.5 Å². The van der Waals surface area contributed by atoms with Crippen molar-refractivity contribution in [3.05, 3.63) is 65.7 Å². The number of aromatic nitrogens is 2. The van der Waals surface area contributed by atoms with Crippen LogP contribution in [0.5, 0.6) is 11.5 Å². The number of anilines is 1. The molecule has 2 saturated heterocycles. The summed E-state index contributed by atoms with van der Waals surface area (Å²) in [5.41, 5.74) is 3.13. The Morgan fingerprint density at radius 1 is 0.976 bits per heavy atom. The second-order valence-corrected chi connectivity index (χ2v) is 10.3. The molecule has 0 spiro atoms. The van der Waals surface area contributed by atoms with E-state index in [1.165, 1.54) is 0 Å². The van der Waals surface area contributed by atoms with Gasteiger partial charge in [-0.2, -0.15) is 0 Å². The summed E-state index contributed by atoms with van der Waals surface area (Å²) in [4.78, 5) is 32.5. The Hall–Kier alpha value is -4.18. The molecule has 2 aromatic carbocycles. The molecule has 3 aromatic rings. The first-order valence-electron chi connectivity index (χ1n) is 14.0. The Kier molecular flexibility index (Phi) is 8.98. The van der Waals surface area contributed by atoms with Crippen LogP contribution in [0.4, 0.5) is 5.82 Å². The van der Waals surface area contributed by atoms with Crippen LogP contribution in [0.25, 0.3) is 11.3 Å². The van der Waals surface area contributed by atoms with Crippen molar-refractivity contribution in [2.45, 2.75) is 25.9 Å². The first kappa shape index (κ1) is 28.4. The maximum absolute atomic E-state index is 13.5. The number of piperazine rings is 1. The number of carbonyl (C=O) groups is 2. The highest BCUT2D eigenvalue weighted by molar-refractivity contribution is 5.97. The summed E-state index contributed by atoms with van der Waals surface area (Å²) in [5.74, 6) is 1.86. The molecule has 0 unspecified atom stereocenters. The van der Waals surface area contributed by atoms with E-state index >= 15 is 0 Å². The van der Waals surface area contributed by atoms with E-state index in [0.29, 0.717) is 56.4 Å². The maximum atomic E-state index is 13.5. The number of methoxy groups -OCH3 is 2. The molecule has 2 amide bonds. The monoisotopic (exact) mass is 559 g/mol. The van der Waals surface area contributed by atoms with Crippen LogP contribution in [0.3, 0.4) is 0 Å². The Morgan fingerprint density at radius 2 is 1.76 bits per heavy atom. The summed E-state index contributed by atoms with van der Waals surface area (Å²) in [5, 5.41) is 8.88. The van der Waals surface area contributed by atoms with Gasteiger partial charge >= 0.3 is 0 Å². The van der Waals surface area contributed by atoms with Gasteiger partial charge in [-0.3, -0.25) is 9.59 Å². The molecular weight excluding hydrogens is 522 g/mol. The van der Waals surface area contributed by atoms with E-state index in [4.69, 9.17) is 14.2 Å². The maximum Gasteiger partial charge on any atom is 0.254 e. The predicted molar refractivity (Wildman–Crippen MR) is 155 cm³/mol. The summed E-state index contributed by atoms with van der Waals surface area (Å²) in [6, 6.07) is 17.0. The lowest BCUT2D eigenvalue weighted by Crippen LogP contribution is -2.52. The normalized spacial score (nSPS) is 16.9. The number of ether oxygens (including phenoxy) is 3. The van der Waals surface area contributed by atoms with Crippen LogP contribution in [0.1, 0.15) is 28.8 Å². The van der Waals surface area contributed by atoms with Crippen molar-refractivity contribution < 1.29 is 23.8 Å². The average Bonchev–Trinajstić information content (AvgIpc) is 3.53. The summed E-state index contributed by atoms with van der Waals surface area (Å²) in [6.07, 6.45) is 1.84. The Bertz CT molecular complexity index is 1350. The number of nitrogens with zero attached hydrogens (tertiary/aromatic N) is 5. The second kappa shape index (κ2) is 13.0. The lowest BCUT2D eigenvalue weighted by atomic mass is 10.1. The highest BCUT2D eigenvalue weighted by Gasteiger charge is 2.29. The van der Waals surface area contributed by atoms with Crippen molar-refractivity contribution in [1.29, 1.82) is 0 Å². The Morgan fingerprint density at radius 3 is 2.41 bits per heavy atom. The fraction of sp³-hybridized carbons (Fsp3) is 0.419. The topological polar surface area (TPSA) is 97.3 Å². The molecular formula is C31H37N5O5. The highest BCUT2D eigenvalue weighted by atomic mass is 16.5. The first-order valence-corrected chi connectivity index (χ1v) is 14.0. The molecule has 41 heavy (non-hydrogen) atoms. The van der Waals surface area contributed by atoms with Crippen LogP contribution < -0.4 is 14.4 Å². The molecule has 0 saturated carbocycles. The smallest absolute Gasteiger partial charge is 0.254 e. The molecule has 10 heteroatoms. The summed E-state index contributed by atoms with van der Waals surface area (Å²) in [6.45, 7) is 5.43. The molecule has 5 rings (SSSR count). The molecule has 0 radical (unpaired) electrons. The summed E-state index contributed by atoms with van der Waals surface area (Å²) >= 11 is 0. The molecule has 1 aromatic heterocycles. The minimum Gasteiger partial charge on any atom is -0.493 e. The summed E-state index contributed by atoms with van der Waals surface area (Å²) in [7, 11) is 3.20. The van der Waals surface area contributed by atoms with Gasteiger partial charge in [0.2, 0.25) is 5.91 Å². The molecule has 2 aliphatic rings. The van der Waals surface area contributed by atoms with Crippen molar-refractivity contribution in [3.8, 4) is 22.8 Å². The van der Waals surface area contributed by atoms with Gasteiger partial charge in [-0.15, -0.1) is 10.2 Å². The molecule has 2 fully saturated rings. The van der Waals surface area contributed by atoms with E-state index in [9.17, 15) is 9.59 Å². The van der Waals surface area contributed by atoms with Crippen LogP contribution in [0.15, 0.2) is 54.6 Å². The number of hydrogen-bond acceptors (Lipinski definition) is 8. The van der Waals surface area contributed by atoms with E-state index < -0.39 is 0 Å². The van der Waals surface area contributed by atoms with E-state index in [-0.39, 0.29) is 24.5 Å². The van der Waals surface area contributed by atoms with Crippen LogP contribution in [0.2, 0.25) is 0 Å². The van der Waals surface area contributed by atoms with Gasteiger partial charge in [-0.05, 0) is 61.7 Å².